The Balaban J connectivity index is 2.31. The highest BCUT2D eigenvalue weighted by Crippen LogP contribution is 2.32. The molecule has 2 rings (SSSR count). The first-order valence-electron chi connectivity index (χ1n) is 6.78. The van der Waals surface area contributed by atoms with Gasteiger partial charge in [-0.1, -0.05) is 0 Å². The van der Waals surface area contributed by atoms with Gasteiger partial charge in [-0.25, -0.2) is 12.8 Å². The number of hydrogen-bond donors (Lipinski definition) is 2. The molecule has 1 saturated heterocycles. The number of benzene rings is 1. The second kappa shape index (κ2) is 6.44. The fourth-order valence-electron chi connectivity index (χ4n) is 2.20. The van der Waals surface area contributed by atoms with Gasteiger partial charge in [-0.3, -0.25) is 4.79 Å². The lowest BCUT2D eigenvalue weighted by atomic mass is 10.1. The maximum atomic E-state index is 13.2. The van der Waals surface area contributed by atoms with E-state index in [1.165, 1.54) is 0 Å². The highest BCUT2D eigenvalue weighted by atomic mass is 32.2. The molecule has 0 aromatic heterocycles. The predicted octanol–water partition coefficient (Wildman–Crippen LogP) is 1.79. The van der Waals surface area contributed by atoms with E-state index in [0.717, 1.165) is 6.07 Å². The van der Waals surface area contributed by atoms with Crippen LogP contribution < -0.4 is 10.0 Å². The molecule has 1 aromatic carbocycles. The Bertz CT molecular complexity index is 704. The molecule has 1 amide bonds. The topological polar surface area (TPSA) is 75.3 Å². The monoisotopic (exact) mass is 354 g/mol. The molecule has 0 spiro atoms. The Kier molecular flexibility index (Phi) is 4.95. The zero-order valence-corrected chi connectivity index (χ0v) is 12.6. The SMILES string of the molecule is O=C1NCCCC[C@H]1NS(=O)(=O)c1ccc(F)c(C(F)(F)F)c1. The second-order valence-corrected chi connectivity index (χ2v) is 6.81. The first kappa shape index (κ1) is 17.7. The molecule has 1 aromatic rings. The van der Waals surface area contributed by atoms with E-state index in [0.29, 0.717) is 25.5 Å². The molecule has 1 aliphatic heterocycles. The van der Waals surface area contributed by atoms with Gasteiger partial charge >= 0.3 is 6.18 Å². The number of rotatable bonds is 3. The smallest absolute Gasteiger partial charge is 0.355 e. The van der Waals surface area contributed by atoms with Crippen molar-refractivity contribution in [2.24, 2.45) is 0 Å². The average Bonchev–Trinajstić information content (AvgIpc) is 2.63. The van der Waals surface area contributed by atoms with Gasteiger partial charge in [-0.2, -0.15) is 17.9 Å². The number of halogens is 4. The fourth-order valence-corrected chi connectivity index (χ4v) is 3.45. The zero-order chi connectivity index (χ0) is 17.3. The molecule has 1 atom stereocenters. The highest BCUT2D eigenvalue weighted by molar-refractivity contribution is 7.89. The average molecular weight is 354 g/mol. The molecule has 10 heteroatoms. The van der Waals surface area contributed by atoms with Crippen molar-refractivity contribution in [2.45, 2.75) is 36.4 Å². The van der Waals surface area contributed by atoms with E-state index < -0.39 is 44.4 Å². The first-order valence-corrected chi connectivity index (χ1v) is 8.26. The van der Waals surface area contributed by atoms with Crippen LogP contribution in [0.3, 0.4) is 0 Å². The Hall–Kier alpha value is -1.68. The molecule has 5 nitrogen and oxygen atoms in total. The molecular weight excluding hydrogens is 340 g/mol. The Labute approximate surface area is 130 Å². The van der Waals surface area contributed by atoms with Crippen LogP contribution in [-0.2, 0) is 21.0 Å². The summed E-state index contributed by atoms with van der Waals surface area (Å²) in [6.45, 7) is 0.409. The van der Waals surface area contributed by atoms with E-state index in [4.69, 9.17) is 0 Å². The third-order valence-corrected chi connectivity index (χ3v) is 4.86. The van der Waals surface area contributed by atoms with Gasteiger partial charge in [-0.05, 0) is 37.5 Å². The molecule has 2 N–H and O–H groups in total. The summed E-state index contributed by atoms with van der Waals surface area (Å²) >= 11 is 0. The van der Waals surface area contributed by atoms with Gasteiger partial charge in [0.2, 0.25) is 15.9 Å². The van der Waals surface area contributed by atoms with Gasteiger partial charge in [0.1, 0.15) is 11.9 Å². The molecule has 0 saturated carbocycles. The second-order valence-electron chi connectivity index (χ2n) is 5.10. The van der Waals surface area contributed by atoms with E-state index in [1.54, 1.807) is 0 Å². The van der Waals surface area contributed by atoms with Crippen molar-refractivity contribution >= 4 is 15.9 Å². The molecule has 0 bridgehead atoms. The maximum absolute atomic E-state index is 13.2. The number of carbonyl (C=O) groups excluding carboxylic acids is 1. The van der Waals surface area contributed by atoms with E-state index in [1.807, 2.05) is 0 Å². The predicted molar refractivity (Wildman–Crippen MR) is 72.4 cm³/mol. The molecule has 1 heterocycles. The number of hydrogen-bond acceptors (Lipinski definition) is 3. The minimum Gasteiger partial charge on any atom is -0.355 e. The van der Waals surface area contributed by atoms with E-state index in [2.05, 4.69) is 10.0 Å². The van der Waals surface area contributed by atoms with Crippen LogP contribution in [0.25, 0.3) is 0 Å². The van der Waals surface area contributed by atoms with Gasteiger partial charge in [0, 0.05) is 6.54 Å². The molecule has 1 aliphatic rings. The highest BCUT2D eigenvalue weighted by Gasteiger charge is 2.36. The minimum atomic E-state index is -5.02. The van der Waals surface area contributed by atoms with Crippen molar-refractivity contribution in [1.82, 2.24) is 10.0 Å². The lowest BCUT2D eigenvalue weighted by molar-refractivity contribution is -0.140. The quantitative estimate of drug-likeness (QED) is 0.813. The van der Waals surface area contributed by atoms with Crippen molar-refractivity contribution in [2.75, 3.05) is 6.54 Å². The van der Waals surface area contributed by atoms with E-state index >= 15 is 0 Å². The third kappa shape index (κ3) is 4.20. The molecule has 0 unspecified atom stereocenters. The van der Waals surface area contributed by atoms with Crippen LogP contribution in [0.1, 0.15) is 24.8 Å². The number of amides is 1. The molecule has 1 fully saturated rings. The largest absolute Gasteiger partial charge is 0.419 e. The minimum absolute atomic E-state index is 0.215. The van der Waals surface area contributed by atoms with Gasteiger partial charge in [0.15, 0.2) is 0 Å². The van der Waals surface area contributed by atoms with Gasteiger partial charge in [0.25, 0.3) is 0 Å². The standard InChI is InChI=1S/C13H14F4N2O3S/c14-10-5-4-8(7-9(10)13(15,16)17)23(21,22)19-11-3-1-2-6-18-12(11)20/h4-5,7,11,19H,1-3,6H2,(H,18,20)/t11-/m1/s1. The summed E-state index contributed by atoms with van der Waals surface area (Å²) in [5.74, 6) is -2.10. The van der Waals surface area contributed by atoms with Crippen molar-refractivity contribution in [3.05, 3.63) is 29.6 Å². The maximum Gasteiger partial charge on any atom is 0.419 e. The van der Waals surface area contributed by atoms with Gasteiger partial charge < -0.3 is 5.32 Å². The summed E-state index contributed by atoms with van der Waals surface area (Å²) in [4.78, 5) is 11.0. The van der Waals surface area contributed by atoms with Crippen LogP contribution >= 0.6 is 0 Å². The lowest BCUT2D eigenvalue weighted by Crippen LogP contribution is -2.45. The Morgan fingerprint density at radius 2 is 1.91 bits per heavy atom. The summed E-state index contributed by atoms with van der Waals surface area (Å²) in [7, 11) is -4.39. The van der Waals surface area contributed by atoms with Crippen molar-refractivity contribution < 1.29 is 30.8 Å². The summed E-state index contributed by atoms with van der Waals surface area (Å²) < 4.78 is 77.6. The molecule has 0 radical (unpaired) electrons. The lowest BCUT2D eigenvalue weighted by Gasteiger charge is -2.16. The van der Waals surface area contributed by atoms with E-state index in [-0.39, 0.29) is 12.5 Å². The van der Waals surface area contributed by atoms with Crippen molar-refractivity contribution in [1.29, 1.82) is 0 Å². The Morgan fingerprint density at radius 1 is 1.22 bits per heavy atom. The molecule has 128 valence electrons. The van der Waals surface area contributed by atoms with Gasteiger partial charge in [0.05, 0.1) is 10.5 Å². The molecular formula is C13H14F4N2O3S. The van der Waals surface area contributed by atoms with Crippen LogP contribution in [0.15, 0.2) is 23.1 Å². The van der Waals surface area contributed by atoms with Gasteiger partial charge in [-0.15, -0.1) is 0 Å². The van der Waals surface area contributed by atoms with Crippen LogP contribution in [0.2, 0.25) is 0 Å². The normalized spacial score (nSPS) is 20.0. The summed E-state index contributed by atoms with van der Waals surface area (Å²) in [6, 6.07) is 0.306. The number of carbonyl (C=O) groups is 1. The number of nitrogens with one attached hydrogen (secondary N) is 2. The van der Waals surface area contributed by atoms with Crippen LogP contribution in [0, 0.1) is 5.82 Å². The van der Waals surface area contributed by atoms with Crippen molar-refractivity contribution in [3.63, 3.8) is 0 Å². The zero-order valence-electron chi connectivity index (χ0n) is 11.8. The van der Waals surface area contributed by atoms with Crippen LogP contribution in [-0.4, -0.2) is 26.9 Å². The molecule has 0 aliphatic carbocycles. The first-order chi connectivity index (χ1) is 10.6. The third-order valence-electron chi connectivity index (χ3n) is 3.39. The Morgan fingerprint density at radius 3 is 2.57 bits per heavy atom. The number of alkyl halides is 3. The summed E-state index contributed by atoms with van der Waals surface area (Å²) in [5.41, 5.74) is -1.68. The fraction of sp³-hybridized carbons (Fsp3) is 0.462. The van der Waals surface area contributed by atoms with Crippen LogP contribution in [0.4, 0.5) is 17.6 Å². The summed E-state index contributed by atoms with van der Waals surface area (Å²) in [6.07, 6.45) is -3.52. The molecule has 23 heavy (non-hydrogen) atoms. The number of sulfonamides is 1. The van der Waals surface area contributed by atoms with Crippen molar-refractivity contribution in [3.8, 4) is 0 Å². The summed E-state index contributed by atoms with van der Waals surface area (Å²) in [5, 5.41) is 2.51. The van der Waals surface area contributed by atoms with Crippen LogP contribution in [0.5, 0.6) is 0 Å². The van der Waals surface area contributed by atoms with E-state index in [9.17, 15) is 30.8 Å².